The van der Waals surface area contributed by atoms with Gasteiger partial charge in [-0.3, -0.25) is 4.79 Å². The van der Waals surface area contributed by atoms with Gasteiger partial charge in [-0.15, -0.1) is 0 Å². The molecule has 6 heteroatoms. The second-order valence-electron chi connectivity index (χ2n) is 5.92. The number of nitrogens with two attached hydrogens (primary N) is 1. The van der Waals surface area contributed by atoms with E-state index in [4.69, 9.17) is 15.2 Å². The van der Waals surface area contributed by atoms with Crippen molar-refractivity contribution in [1.82, 2.24) is 4.98 Å². The van der Waals surface area contributed by atoms with E-state index in [0.29, 0.717) is 30.0 Å². The number of aromatic nitrogens is 1. The fourth-order valence-electron chi connectivity index (χ4n) is 2.92. The molecule has 2 heterocycles. The van der Waals surface area contributed by atoms with Crippen molar-refractivity contribution < 1.29 is 18.7 Å². The number of ether oxygens (including phenoxy) is 2. The predicted octanol–water partition coefficient (Wildman–Crippen LogP) is 2.64. The summed E-state index contributed by atoms with van der Waals surface area (Å²) in [6.07, 6.45) is 1.26. The van der Waals surface area contributed by atoms with E-state index in [0.717, 1.165) is 17.5 Å². The lowest BCUT2D eigenvalue weighted by atomic mass is 9.93. The summed E-state index contributed by atoms with van der Waals surface area (Å²) < 4.78 is 25.4. The Balaban J connectivity index is 2.13. The zero-order valence-electron chi connectivity index (χ0n) is 13.6. The summed E-state index contributed by atoms with van der Waals surface area (Å²) in [5, 5.41) is 0. The molecule has 0 aliphatic carbocycles. The minimum Gasteiger partial charge on any atom is -0.472 e. The maximum atomic E-state index is 14.4. The monoisotopic (exact) mass is 330 g/mol. The number of aryl methyl sites for hydroxylation is 1. The van der Waals surface area contributed by atoms with E-state index in [1.807, 2.05) is 13.0 Å². The lowest BCUT2D eigenvalue weighted by Crippen LogP contribution is -2.29. The number of rotatable bonds is 4. The fourth-order valence-corrected chi connectivity index (χ4v) is 2.92. The maximum absolute atomic E-state index is 14.4. The number of halogens is 1. The SMILES string of the molecule is COC[C@@H]1CCc2c(-c3ccc(C)cc3F)cc(C(N)=O)nc2O1. The highest BCUT2D eigenvalue weighted by atomic mass is 19.1. The third-order valence-corrected chi connectivity index (χ3v) is 4.10. The molecular weight excluding hydrogens is 311 g/mol. The topological polar surface area (TPSA) is 74.4 Å². The van der Waals surface area contributed by atoms with Gasteiger partial charge in [0.25, 0.3) is 5.91 Å². The van der Waals surface area contributed by atoms with Gasteiger partial charge in [-0.25, -0.2) is 9.37 Å². The number of benzene rings is 1. The van der Waals surface area contributed by atoms with Crippen molar-refractivity contribution in [1.29, 1.82) is 0 Å². The van der Waals surface area contributed by atoms with Gasteiger partial charge in [-0.2, -0.15) is 0 Å². The summed E-state index contributed by atoms with van der Waals surface area (Å²) >= 11 is 0. The van der Waals surface area contributed by atoms with Gasteiger partial charge in [0.15, 0.2) is 0 Å². The number of primary amides is 1. The predicted molar refractivity (Wildman–Crippen MR) is 87.5 cm³/mol. The Morgan fingerprint density at radius 1 is 1.42 bits per heavy atom. The van der Waals surface area contributed by atoms with Crippen molar-refractivity contribution in [2.24, 2.45) is 5.73 Å². The quantitative estimate of drug-likeness (QED) is 0.935. The first-order valence-electron chi connectivity index (χ1n) is 7.75. The Bertz CT molecular complexity index is 792. The van der Waals surface area contributed by atoms with E-state index >= 15 is 0 Å². The first-order chi connectivity index (χ1) is 11.5. The molecule has 126 valence electrons. The largest absolute Gasteiger partial charge is 0.472 e. The smallest absolute Gasteiger partial charge is 0.267 e. The lowest BCUT2D eigenvalue weighted by molar-refractivity contribution is 0.0639. The third-order valence-electron chi connectivity index (χ3n) is 4.10. The van der Waals surface area contributed by atoms with Gasteiger partial charge in [-0.05, 0) is 43.0 Å². The highest BCUT2D eigenvalue weighted by molar-refractivity contribution is 5.93. The first kappa shape index (κ1) is 16.4. The molecule has 5 nitrogen and oxygen atoms in total. The van der Waals surface area contributed by atoms with Gasteiger partial charge in [0.1, 0.15) is 17.6 Å². The molecule has 24 heavy (non-hydrogen) atoms. The molecule has 1 amide bonds. The number of pyridine rings is 1. The Kier molecular flexibility index (Phi) is 4.49. The molecule has 3 rings (SSSR count). The van der Waals surface area contributed by atoms with E-state index in [-0.39, 0.29) is 17.6 Å². The zero-order chi connectivity index (χ0) is 17.3. The van der Waals surface area contributed by atoms with Crippen LogP contribution in [0.2, 0.25) is 0 Å². The van der Waals surface area contributed by atoms with Crippen molar-refractivity contribution in [3.05, 3.63) is 46.9 Å². The van der Waals surface area contributed by atoms with E-state index in [1.54, 1.807) is 13.2 Å². The standard InChI is InChI=1S/C18H19FN2O3/c1-10-3-5-12(15(19)7-10)14-8-16(17(20)22)21-18-13(14)6-4-11(24-18)9-23-2/h3,5,7-8,11H,4,6,9H2,1-2H3,(H2,20,22)/t11-/m0/s1. The summed E-state index contributed by atoms with van der Waals surface area (Å²) in [5.74, 6) is -0.698. The normalized spacial score (nSPS) is 16.4. The summed E-state index contributed by atoms with van der Waals surface area (Å²) in [4.78, 5) is 15.8. The molecule has 1 aromatic heterocycles. The minimum absolute atomic E-state index is 0.0572. The summed E-state index contributed by atoms with van der Waals surface area (Å²) in [6.45, 7) is 2.25. The van der Waals surface area contributed by atoms with Crippen molar-refractivity contribution in [2.45, 2.75) is 25.9 Å². The molecule has 2 aromatic rings. The molecule has 1 atom stereocenters. The number of hydrogen-bond acceptors (Lipinski definition) is 4. The molecule has 1 aromatic carbocycles. The number of carbonyl (C=O) groups is 1. The number of amides is 1. The molecule has 0 saturated heterocycles. The van der Waals surface area contributed by atoms with E-state index in [1.165, 1.54) is 12.1 Å². The summed E-state index contributed by atoms with van der Waals surface area (Å²) in [5.41, 5.74) is 8.05. The van der Waals surface area contributed by atoms with Crippen LogP contribution in [0, 0.1) is 12.7 Å². The van der Waals surface area contributed by atoms with Crippen LogP contribution in [-0.2, 0) is 11.2 Å². The highest BCUT2D eigenvalue weighted by Gasteiger charge is 2.26. The molecule has 1 aliphatic heterocycles. The molecule has 0 unspecified atom stereocenters. The molecule has 0 radical (unpaired) electrons. The van der Waals surface area contributed by atoms with Crippen LogP contribution in [0.1, 0.15) is 28.0 Å². The lowest BCUT2D eigenvalue weighted by Gasteiger charge is -2.26. The first-order valence-corrected chi connectivity index (χ1v) is 7.75. The van der Waals surface area contributed by atoms with Crippen LogP contribution in [0.5, 0.6) is 5.88 Å². The van der Waals surface area contributed by atoms with Crippen molar-refractivity contribution in [3.8, 4) is 17.0 Å². The second kappa shape index (κ2) is 6.57. The van der Waals surface area contributed by atoms with Gasteiger partial charge < -0.3 is 15.2 Å². The Morgan fingerprint density at radius 2 is 2.21 bits per heavy atom. The number of fused-ring (bicyclic) bond motifs is 1. The summed E-state index contributed by atoms with van der Waals surface area (Å²) in [6, 6.07) is 6.53. The van der Waals surface area contributed by atoms with E-state index in [9.17, 15) is 9.18 Å². The molecule has 2 N–H and O–H groups in total. The zero-order valence-corrected chi connectivity index (χ0v) is 13.6. The highest BCUT2D eigenvalue weighted by Crippen LogP contribution is 2.36. The van der Waals surface area contributed by atoms with Crippen LogP contribution in [0.3, 0.4) is 0 Å². The average molecular weight is 330 g/mol. The molecule has 0 bridgehead atoms. The van der Waals surface area contributed by atoms with Gasteiger partial charge in [0, 0.05) is 18.2 Å². The van der Waals surface area contributed by atoms with E-state index in [2.05, 4.69) is 4.98 Å². The van der Waals surface area contributed by atoms with Gasteiger partial charge in [0.2, 0.25) is 5.88 Å². The Labute approximate surface area is 139 Å². The third kappa shape index (κ3) is 3.10. The van der Waals surface area contributed by atoms with Crippen LogP contribution in [0.15, 0.2) is 24.3 Å². The van der Waals surface area contributed by atoms with Crippen LogP contribution < -0.4 is 10.5 Å². The van der Waals surface area contributed by atoms with Crippen LogP contribution in [-0.4, -0.2) is 30.7 Å². The molecule has 1 aliphatic rings. The van der Waals surface area contributed by atoms with Crippen LogP contribution in [0.4, 0.5) is 4.39 Å². The fraction of sp³-hybridized carbons (Fsp3) is 0.333. The average Bonchev–Trinajstić information content (AvgIpc) is 2.54. The molecule has 0 fully saturated rings. The van der Waals surface area contributed by atoms with Gasteiger partial charge >= 0.3 is 0 Å². The summed E-state index contributed by atoms with van der Waals surface area (Å²) in [7, 11) is 1.60. The minimum atomic E-state index is -0.677. The number of hydrogen-bond donors (Lipinski definition) is 1. The second-order valence-corrected chi connectivity index (χ2v) is 5.92. The molecular formula is C18H19FN2O3. The molecule has 0 saturated carbocycles. The Hall–Kier alpha value is -2.47. The van der Waals surface area contributed by atoms with E-state index < -0.39 is 5.91 Å². The van der Waals surface area contributed by atoms with Crippen LogP contribution in [0.25, 0.3) is 11.1 Å². The van der Waals surface area contributed by atoms with Crippen molar-refractivity contribution >= 4 is 5.91 Å². The van der Waals surface area contributed by atoms with Gasteiger partial charge in [-0.1, -0.05) is 12.1 Å². The Morgan fingerprint density at radius 3 is 2.88 bits per heavy atom. The van der Waals surface area contributed by atoms with Gasteiger partial charge in [0.05, 0.1) is 6.61 Å². The number of carbonyl (C=O) groups excluding carboxylic acids is 1. The molecule has 0 spiro atoms. The van der Waals surface area contributed by atoms with Crippen molar-refractivity contribution in [2.75, 3.05) is 13.7 Å². The maximum Gasteiger partial charge on any atom is 0.267 e. The van der Waals surface area contributed by atoms with Crippen molar-refractivity contribution in [3.63, 3.8) is 0 Å². The number of methoxy groups -OCH3 is 1. The van der Waals surface area contributed by atoms with Crippen LogP contribution >= 0.6 is 0 Å². The number of nitrogens with zero attached hydrogens (tertiary/aromatic N) is 1.